The Hall–Kier alpha value is -4.71. The molecule has 0 spiro atoms. The lowest BCUT2D eigenvalue weighted by Gasteiger charge is -2.06. The van der Waals surface area contributed by atoms with Gasteiger partial charge in [-0.05, 0) is 36.4 Å². The molecule has 2 N–H and O–H groups in total. The molecule has 1 aromatic heterocycles. The zero-order valence-corrected chi connectivity index (χ0v) is 16.3. The Labute approximate surface area is 176 Å². The molecule has 0 unspecified atom stereocenters. The fourth-order valence-electron chi connectivity index (χ4n) is 2.69. The van der Waals surface area contributed by atoms with Gasteiger partial charge in [-0.1, -0.05) is 12.1 Å². The summed E-state index contributed by atoms with van der Waals surface area (Å²) in [5, 5.41) is 25.5. The van der Waals surface area contributed by atoms with E-state index in [1.54, 1.807) is 42.5 Å². The van der Waals surface area contributed by atoms with Crippen molar-refractivity contribution in [2.24, 2.45) is 0 Å². The monoisotopic (exact) mass is 416 g/mol. The molecule has 0 saturated heterocycles. The van der Waals surface area contributed by atoms with Gasteiger partial charge in [-0.2, -0.15) is 5.26 Å². The van der Waals surface area contributed by atoms with Crippen LogP contribution < -0.4 is 10.6 Å². The van der Waals surface area contributed by atoms with Gasteiger partial charge in [0.05, 0.1) is 4.92 Å². The first kappa shape index (κ1) is 21.0. The number of nitrogens with zero attached hydrogens (tertiary/aromatic N) is 2. The maximum Gasteiger partial charge on any atom is 0.270 e. The van der Waals surface area contributed by atoms with Crippen molar-refractivity contribution in [3.05, 3.63) is 82.1 Å². The normalized spacial score (nSPS) is 10.8. The largest absolute Gasteiger partial charge is 0.457 e. The first-order valence-corrected chi connectivity index (χ1v) is 9.01. The van der Waals surface area contributed by atoms with Crippen LogP contribution in [-0.2, 0) is 9.59 Å². The summed E-state index contributed by atoms with van der Waals surface area (Å²) >= 11 is 0. The lowest BCUT2D eigenvalue weighted by molar-refractivity contribution is -0.384. The molecule has 0 aliphatic rings. The number of anilines is 2. The fourth-order valence-corrected chi connectivity index (χ4v) is 2.69. The highest BCUT2D eigenvalue weighted by Crippen LogP contribution is 2.26. The second-order valence-electron chi connectivity index (χ2n) is 6.39. The molecule has 2 aromatic carbocycles. The van der Waals surface area contributed by atoms with Crippen molar-refractivity contribution in [2.75, 3.05) is 10.6 Å². The highest BCUT2D eigenvalue weighted by molar-refractivity contribution is 6.09. The summed E-state index contributed by atoms with van der Waals surface area (Å²) in [6.45, 7) is 1.39. The maximum absolute atomic E-state index is 12.4. The molecule has 9 nitrogen and oxygen atoms in total. The van der Waals surface area contributed by atoms with Gasteiger partial charge >= 0.3 is 0 Å². The van der Waals surface area contributed by atoms with Gasteiger partial charge in [0, 0.05) is 42.1 Å². The summed E-state index contributed by atoms with van der Waals surface area (Å²) in [4.78, 5) is 33.9. The number of rotatable bonds is 6. The molecule has 9 heteroatoms. The van der Waals surface area contributed by atoms with Gasteiger partial charge in [0.1, 0.15) is 23.2 Å². The lowest BCUT2D eigenvalue weighted by Crippen LogP contribution is -2.13. The van der Waals surface area contributed by atoms with E-state index in [-0.39, 0.29) is 22.9 Å². The third kappa shape index (κ3) is 5.42. The van der Waals surface area contributed by atoms with Crippen LogP contribution in [0.2, 0.25) is 0 Å². The molecule has 0 fully saturated rings. The minimum atomic E-state index is -0.636. The molecule has 0 saturated carbocycles. The van der Waals surface area contributed by atoms with E-state index in [1.807, 2.05) is 6.07 Å². The van der Waals surface area contributed by atoms with Crippen LogP contribution in [0.15, 0.2) is 70.7 Å². The van der Waals surface area contributed by atoms with Crippen LogP contribution in [0.5, 0.6) is 0 Å². The molecular formula is C22H16N4O5. The molecule has 31 heavy (non-hydrogen) atoms. The van der Waals surface area contributed by atoms with Gasteiger partial charge in [0.2, 0.25) is 5.91 Å². The van der Waals surface area contributed by atoms with Crippen molar-refractivity contribution >= 4 is 35.0 Å². The second kappa shape index (κ2) is 9.19. The summed E-state index contributed by atoms with van der Waals surface area (Å²) in [7, 11) is 0. The number of amides is 2. The van der Waals surface area contributed by atoms with Crippen LogP contribution in [0.1, 0.15) is 12.7 Å². The molecule has 0 atom stereocenters. The highest BCUT2D eigenvalue weighted by atomic mass is 16.6. The number of nitriles is 1. The number of nitro benzene ring substituents is 1. The minimum absolute atomic E-state index is 0.0763. The van der Waals surface area contributed by atoms with E-state index in [4.69, 9.17) is 4.42 Å². The highest BCUT2D eigenvalue weighted by Gasteiger charge is 2.13. The quantitative estimate of drug-likeness (QED) is 0.265. The van der Waals surface area contributed by atoms with E-state index >= 15 is 0 Å². The number of furan rings is 1. The molecule has 3 aromatic rings. The number of carbonyl (C=O) groups is 2. The van der Waals surface area contributed by atoms with E-state index in [0.29, 0.717) is 22.7 Å². The van der Waals surface area contributed by atoms with Crippen LogP contribution in [-0.4, -0.2) is 16.7 Å². The van der Waals surface area contributed by atoms with Crippen molar-refractivity contribution < 1.29 is 18.9 Å². The van der Waals surface area contributed by atoms with Crippen molar-refractivity contribution in [2.45, 2.75) is 6.92 Å². The zero-order valence-electron chi connectivity index (χ0n) is 16.3. The van der Waals surface area contributed by atoms with E-state index < -0.39 is 10.8 Å². The zero-order chi connectivity index (χ0) is 22.4. The van der Waals surface area contributed by atoms with Gasteiger partial charge in [-0.15, -0.1) is 0 Å². The molecule has 2 amide bonds. The van der Waals surface area contributed by atoms with Gasteiger partial charge in [0.15, 0.2) is 0 Å². The number of nitro groups is 1. The average Bonchev–Trinajstić information content (AvgIpc) is 3.22. The smallest absolute Gasteiger partial charge is 0.270 e. The number of benzene rings is 2. The van der Waals surface area contributed by atoms with Gasteiger partial charge in [-0.25, -0.2) is 0 Å². The Kier molecular flexibility index (Phi) is 6.23. The molecule has 1 heterocycles. The Balaban J connectivity index is 1.75. The molecule has 154 valence electrons. The Morgan fingerprint density at radius 2 is 1.74 bits per heavy atom. The summed E-state index contributed by atoms with van der Waals surface area (Å²) in [5.41, 5.74) is 1.25. The first-order chi connectivity index (χ1) is 14.9. The van der Waals surface area contributed by atoms with Crippen LogP contribution >= 0.6 is 0 Å². The molecule has 3 rings (SSSR count). The minimum Gasteiger partial charge on any atom is -0.457 e. The molecule has 0 aliphatic carbocycles. The Bertz CT molecular complexity index is 1220. The van der Waals surface area contributed by atoms with Crippen molar-refractivity contribution in [1.29, 1.82) is 5.26 Å². The summed E-state index contributed by atoms with van der Waals surface area (Å²) in [6, 6.07) is 17.3. The van der Waals surface area contributed by atoms with E-state index in [1.165, 1.54) is 31.2 Å². The first-order valence-electron chi connectivity index (χ1n) is 9.01. The van der Waals surface area contributed by atoms with Crippen molar-refractivity contribution in [3.63, 3.8) is 0 Å². The third-order valence-corrected chi connectivity index (χ3v) is 4.08. The molecule has 0 aliphatic heterocycles. The van der Waals surface area contributed by atoms with Gasteiger partial charge < -0.3 is 15.1 Å². The lowest BCUT2D eigenvalue weighted by atomic mass is 10.1. The van der Waals surface area contributed by atoms with Crippen molar-refractivity contribution in [1.82, 2.24) is 0 Å². The average molecular weight is 416 g/mol. The number of hydrogen-bond donors (Lipinski definition) is 2. The molecule has 0 bridgehead atoms. The number of carbonyl (C=O) groups excluding carboxylic acids is 2. The van der Waals surface area contributed by atoms with Gasteiger partial charge in [-0.3, -0.25) is 19.7 Å². The third-order valence-electron chi connectivity index (χ3n) is 4.08. The van der Waals surface area contributed by atoms with Crippen molar-refractivity contribution in [3.8, 4) is 17.4 Å². The second-order valence-corrected chi connectivity index (χ2v) is 6.39. The summed E-state index contributed by atoms with van der Waals surface area (Å²) in [5.74, 6) is -0.243. The number of non-ortho nitro benzene ring substituents is 1. The summed E-state index contributed by atoms with van der Waals surface area (Å²) in [6.07, 6.45) is 1.28. The summed E-state index contributed by atoms with van der Waals surface area (Å²) < 4.78 is 5.62. The topological polar surface area (TPSA) is 138 Å². The van der Waals surface area contributed by atoms with Gasteiger partial charge in [0.25, 0.3) is 11.6 Å². The Morgan fingerprint density at radius 1 is 1.06 bits per heavy atom. The predicted molar refractivity (Wildman–Crippen MR) is 114 cm³/mol. The van der Waals surface area contributed by atoms with Crippen LogP contribution in [0.25, 0.3) is 17.4 Å². The van der Waals surface area contributed by atoms with Crippen LogP contribution in [0, 0.1) is 21.4 Å². The number of hydrogen-bond acceptors (Lipinski definition) is 6. The van der Waals surface area contributed by atoms with E-state index in [2.05, 4.69) is 10.6 Å². The SMILES string of the molecule is CC(=O)Nc1ccc(NC(=O)C(C#N)=Cc2ccc(-c3cccc([N+](=O)[O-])c3)o2)cc1. The van der Waals surface area contributed by atoms with E-state index in [0.717, 1.165) is 0 Å². The molecule has 0 radical (unpaired) electrons. The molecular weight excluding hydrogens is 400 g/mol. The fraction of sp³-hybridized carbons (Fsp3) is 0.0455. The maximum atomic E-state index is 12.4. The van der Waals surface area contributed by atoms with Crippen LogP contribution in [0.4, 0.5) is 17.1 Å². The number of nitrogens with one attached hydrogen (secondary N) is 2. The predicted octanol–water partition coefficient (Wildman–Crippen LogP) is 4.36. The van der Waals surface area contributed by atoms with E-state index in [9.17, 15) is 25.0 Å². The van der Waals surface area contributed by atoms with Crippen LogP contribution in [0.3, 0.4) is 0 Å². The standard InChI is InChI=1S/C22H16N4O5/c1-14(27)24-17-5-7-18(8-6-17)25-22(28)16(13-23)12-20-9-10-21(31-20)15-3-2-4-19(11-15)26(29)30/h2-12H,1H3,(H,24,27)(H,25,28). The Morgan fingerprint density at radius 3 is 2.35 bits per heavy atom.